The van der Waals surface area contributed by atoms with Crippen LogP contribution in [0, 0.1) is 11.8 Å². The fourth-order valence-corrected chi connectivity index (χ4v) is 5.26. The molecule has 0 spiro atoms. The number of ether oxygens (including phenoxy) is 2. The van der Waals surface area contributed by atoms with Gasteiger partial charge in [-0.1, -0.05) is 52.0 Å². The van der Waals surface area contributed by atoms with E-state index < -0.39 is 23.8 Å². The number of nitrogens with one attached hydrogen (secondary N) is 1. The van der Waals surface area contributed by atoms with Crippen molar-refractivity contribution in [2.45, 2.75) is 52.9 Å². The molecule has 1 aliphatic carbocycles. The molecular weight excluding hydrogens is 450 g/mol. The molecule has 1 aromatic rings. The first kappa shape index (κ1) is 26.1. The highest BCUT2D eigenvalue weighted by Crippen LogP contribution is 2.45. The lowest BCUT2D eigenvalue weighted by Crippen LogP contribution is -2.43. The Morgan fingerprint density at radius 2 is 1.88 bits per heavy atom. The SMILES string of the molecule is CCSCCOC(=O)C1=C(C)NC2=C(C(=O)[C@H](C(=O)OC)[C@@H](C)C2)[C@H]1c1ccc(C(C)C)cc1. The van der Waals surface area contributed by atoms with Crippen LogP contribution in [0.1, 0.15) is 64.0 Å². The number of hydrogen-bond acceptors (Lipinski definition) is 7. The highest BCUT2D eigenvalue weighted by Gasteiger charge is 2.47. The van der Waals surface area contributed by atoms with Crippen molar-refractivity contribution in [3.05, 3.63) is 57.9 Å². The van der Waals surface area contributed by atoms with E-state index in [9.17, 15) is 14.4 Å². The average molecular weight is 486 g/mol. The van der Waals surface area contributed by atoms with Crippen molar-refractivity contribution in [2.75, 3.05) is 25.2 Å². The van der Waals surface area contributed by atoms with Crippen molar-refractivity contribution in [1.82, 2.24) is 5.32 Å². The molecule has 1 heterocycles. The predicted molar refractivity (Wildman–Crippen MR) is 134 cm³/mol. The number of Topliss-reactive ketones (excluding diaryl/α,β-unsaturated/α-hetero) is 1. The highest BCUT2D eigenvalue weighted by atomic mass is 32.2. The molecule has 0 radical (unpaired) electrons. The van der Waals surface area contributed by atoms with Crippen LogP contribution in [0.4, 0.5) is 0 Å². The molecule has 1 aromatic carbocycles. The molecule has 0 amide bonds. The summed E-state index contributed by atoms with van der Waals surface area (Å²) in [7, 11) is 1.30. The second kappa shape index (κ2) is 11.3. The van der Waals surface area contributed by atoms with Crippen LogP contribution in [0.5, 0.6) is 0 Å². The molecule has 184 valence electrons. The number of carbonyl (C=O) groups excluding carboxylic acids is 3. The van der Waals surface area contributed by atoms with Gasteiger partial charge in [0.15, 0.2) is 5.78 Å². The van der Waals surface area contributed by atoms with Crippen LogP contribution >= 0.6 is 11.8 Å². The molecule has 34 heavy (non-hydrogen) atoms. The van der Waals surface area contributed by atoms with Gasteiger partial charge in [0.2, 0.25) is 0 Å². The highest BCUT2D eigenvalue weighted by molar-refractivity contribution is 7.99. The zero-order valence-corrected chi connectivity index (χ0v) is 21.7. The van der Waals surface area contributed by atoms with E-state index in [0.29, 0.717) is 41.5 Å². The van der Waals surface area contributed by atoms with Crippen LogP contribution < -0.4 is 5.32 Å². The minimum Gasteiger partial charge on any atom is -0.468 e. The van der Waals surface area contributed by atoms with E-state index in [0.717, 1.165) is 17.0 Å². The molecule has 3 rings (SSSR count). The number of hydrogen-bond donors (Lipinski definition) is 1. The first-order valence-electron chi connectivity index (χ1n) is 11.9. The zero-order chi connectivity index (χ0) is 25.0. The number of carbonyl (C=O) groups is 3. The maximum Gasteiger partial charge on any atom is 0.336 e. The summed E-state index contributed by atoms with van der Waals surface area (Å²) >= 11 is 1.70. The van der Waals surface area contributed by atoms with Gasteiger partial charge >= 0.3 is 11.9 Å². The van der Waals surface area contributed by atoms with Gasteiger partial charge < -0.3 is 14.8 Å². The summed E-state index contributed by atoms with van der Waals surface area (Å²) < 4.78 is 10.6. The maximum absolute atomic E-state index is 13.7. The number of benzene rings is 1. The van der Waals surface area contributed by atoms with Crippen molar-refractivity contribution in [3.8, 4) is 0 Å². The summed E-state index contributed by atoms with van der Waals surface area (Å²) in [4.78, 5) is 39.5. The van der Waals surface area contributed by atoms with Crippen LogP contribution in [-0.4, -0.2) is 42.9 Å². The Morgan fingerprint density at radius 1 is 1.21 bits per heavy atom. The van der Waals surface area contributed by atoms with Gasteiger partial charge in [0.25, 0.3) is 0 Å². The molecule has 3 atom stereocenters. The van der Waals surface area contributed by atoms with E-state index in [1.807, 2.05) is 38.1 Å². The number of rotatable bonds is 8. The Labute approximate surface area is 206 Å². The van der Waals surface area contributed by atoms with Gasteiger partial charge in [-0.2, -0.15) is 11.8 Å². The van der Waals surface area contributed by atoms with Crippen LogP contribution in [0.2, 0.25) is 0 Å². The Balaban J connectivity index is 2.08. The third-order valence-electron chi connectivity index (χ3n) is 6.56. The van der Waals surface area contributed by atoms with Crippen LogP contribution in [0.15, 0.2) is 46.8 Å². The second-order valence-corrected chi connectivity index (χ2v) is 10.6. The molecule has 0 saturated carbocycles. The van der Waals surface area contributed by atoms with E-state index in [1.165, 1.54) is 12.7 Å². The molecule has 0 bridgehead atoms. The summed E-state index contributed by atoms with van der Waals surface area (Å²) in [6.07, 6.45) is 0.522. The van der Waals surface area contributed by atoms with E-state index in [-0.39, 0.29) is 11.7 Å². The Hall–Kier alpha value is -2.54. The molecule has 7 heteroatoms. The van der Waals surface area contributed by atoms with Gasteiger partial charge in [-0.3, -0.25) is 9.59 Å². The Kier molecular flexibility index (Phi) is 8.63. The topological polar surface area (TPSA) is 81.7 Å². The Morgan fingerprint density at radius 3 is 2.47 bits per heavy atom. The van der Waals surface area contributed by atoms with Crippen molar-refractivity contribution >= 4 is 29.5 Å². The predicted octanol–water partition coefficient (Wildman–Crippen LogP) is 4.72. The second-order valence-electron chi connectivity index (χ2n) is 9.19. The van der Waals surface area contributed by atoms with Gasteiger partial charge in [-0.05, 0) is 42.1 Å². The van der Waals surface area contributed by atoms with Crippen LogP contribution in [0.3, 0.4) is 0 Å². The number of allylic oxidation sites excluding steroid dienone is 3. The minimum absolute atomic E-state index is 0.206. The van der Waals surface area contributed by atoms with Crippen LogP contribution in [-0.2, 0) is 23.9 Å². The fraction of sp³-hybridized carbons (Fsp3) is 0.519. The van der Waals surface area contributed by atoms with Crippen LogP contribution in [0.25, 0.3) is 0 Å². The lowest BCUT2D eigenvalue weighted by molar-refractivity contribution is -0.151. The van der Waals surface area contributed by atoms with Gasteiger partial charge in [0.1, 0.15) is 12.5 Å². The zero-order valence-electron chi connectivity index (χ0n) is 20.9. The third-order valence-corrected chi connectivity index (χ3v) is 7.43. The summed E-state index contributed by atoms with van der Waals surface area (Å²) in [5, 5.41) is 3.30. The van der Waals surface area contributed by atoms with E-state index in [4.69, 9.17) is 9.47 Å². The lowest BCUT2D eigenvalue weighted by Gasteiger charge is -2.38. The third kappa shape index (κ3) is 5.24. The molecule has 0 aromatic heterocycles. The first-order valence-corrected chi connectivity index (χ1v) is 13.0. The molecule has 0 unspecified atom stereocenters. The average Bonchev–Trinajstić information content (AvgIpc) is 2.80. The number of esters is 2. The van der Waals surface area contributed by atoms with Gasteiger partial charge in [-0.25, -0.2) is 4.79 Å². The summed E-state index contributed by atoms with van der Waals surface area (Å²) in [5.74, 6) is -0.940. The quantitative estimate of drug-likeness (QED) is 0.324. The monoisotopic (exact) mass is 485 g/mol. The molecule has 6 nitrogen and oxygen atoms in total. The summed E-state index contributed by atoms with van der Waals surface area (Å²) in [6, 6.07) is 8.02. The fourth-order valence-electron chi connectivity index (χ4n) is 4.77. The minimum atomic E-state index is -0.889. The molecule has 2 aliphatic rings. The number of thioether (sulfide) groups is 1. The van der Waals surface area contributed by atoms with Crippen molar-refractivity contribution in [2.24, 2.45) is 11.8 Å². The first-order chi connectivity index (χ1) is 16.2. The van der Waals surface area contributed by atoms with Gasteiger partial charge in [0, 0.05) is 28.6 Å². The van der Waals surface area contributed by atoms with E-state index >= 15 is 0 Å². The molecule has 1 N–H and O–H groups in total. The standard InChI is InChI=1S/C27H35NO5S/c1-7-34-13-12-33-27(31)22-17(5)28-20-14-16(4)21(26(30)32-6)25(29)24(20)23(22)19-10-8-18(9-11-19)15(2)3/h8-11,15-16,21,23,28H,7,12-14H2,1-6H3/t16-,21+,23-/m0/s1. The number of dihydropyridines is 1. The van der Waals surface area contributed by atoms with E-state index in [1.54, 1.807) is 11.8 Å². The molecule has 0 fully saturated rings. The Bertz CT molecular complexity index is 1010. The van der Waals surface area contributed by atoms with Gasteiger partial charge in [0.05, 0.1) is 12.7 Å². The molecule has 0 saturated heterocycles. The largest absolute Gasteiger partial charge is 0.468 e. The van der Waals surface area contributed by atoms with Gasteiger partial charge in [-0.15, -0.1) is 0 Å². The van der Waals surface area contributed by atoms with Crippen molar-refractivity contribution in [1.29, 1.82) is 0 Å². The maximum atomic E-state index is 13.7. The molecular formula is C27H35NO5S. The normalized spacial score (nSPS) is 22.4. The van der Waals surface area contributed by atoms with E-state index in [2.05, 4.69) is 26.1 Å². The number of ketones is 1. The summed E-state index contributed by atoms with van der Waals surface area (Å²) in [5.41, 5.74) is 4.34. The molecule has 1 aliphatic heterocycles. The van der Waals surface area contributed by atoms with Crippen molar-refractivity contribution in [3.63, 3.8) is 0 Å². The lowest BCUT2D eigenvalue weighted by atomic mass is 9.69. The summed E-state index contributed by atoms with van der Waals surface area (Å²) in [6.45, 7) is 10.3. The van der Waals surface area contributed by atoms with Crippen molar-refractivity contribution < 1.29 is 23.9 Å². The smallest absolute Gasteiger partial charge is 0.336 e. The number of methoxy groups -OCH3 is 1.